The minimum atomic E-state index is -0.612. The zero-order valence-electron chi connectivity index (χ0n) is 12.9. The van der Waals surface area contributed by atoms with Gasteiger partial charge in [-0.3, -0.25) is 9.80 Å². The van der Waals surface area contributed by atoms with Crippen molar-refractivity contribution in [2.45, 2.75) is 26.0 Å². The maximum absolute atomic E-state index is 9.87. The van der Waals surface area contributed by atoms with Crippen LogP contribution in [0.4, 0.5) is 0 Å². The van der Waals surface area contributed by atoms with Gasteiger partial charge in [0, 0.05) is 44.8 Å². The van der Waals surface area contributed by atoms with Crippen LogP contribution in [0.5, 0.6) is 0 Å². The third kappa shape index (κ3) is 5.36. The Hall–Kier alpha value is -1.01. The van der Waals surface area contributed by atoms with Crippen molar-refractivity contribution in [2.24, 2.45) is 5.73 Å². The molecule has 0 radical (unpaired) electrons. The lowest BCUT2D eigenvalue weighted by Gasteiger charge is -2.37. The van der Waals surface area contributed by atoms with Gasteiger partial charge in [-0.25, -0.2) is 0 Å². The average Bonchev–Trinajstić information content (AvgIpc) is 2.40. The number of benzene rings is 1. The summed E-state index contributed by atoms with van der Waals surface area (Å²) in [6, 6.07) is 8.17. The molecule has 21 heavy (non-hydrogen) atoms. The normalized spacial score (nSPS) is 17.9. The molecule has 1 aliphatic rings. The number of β-amino-alcohol motifs (C(OH)–C–C–N with tert-alkyl or cyclic N) is 1. The molecule has 1 aliphatic heterocycles. The second-order valence-electron chi connectivity index (χ2n) is 6.43. The van der Waals surface area contributed by atoms with Crippen molar-refractivity contribution >= 4 is 17.2 Å². The minimum Gasteiger partial charge on any atom is -0.389 e. The molecule has 3 N–H and O–H groups in total. The Labute approximate surface area is 132 Å². The first kappa shape index (κ1) is 16.4. The molecule has 0 saturated carbocycles. The Kier molecular flexibility index (Phi) is 5.32. The van der Waals surface area contributed by atoms with Crippen LogP contribution in [0.2, 0.25) is 0 Å². The number of nitrogens with two attached hydrogens (primary N) is 1. The van der Waals surface area contributed by atoms with Crippen LogP contribution >= 0.6 is 12.2 Å². The molecule has 1 heterocycles. The van der Waals surface area contributed by atoms with Gasteiger partial charge in [-0.2, -0.15) is 0 Å². The Bertz CT molecular complexity index is 473. The number of aliphatic hydroxyl groups is 1. The van der Waals surface area contributed by atoms with Crippen LogP contribution in [-0.4, -0.2) is 58.2 Å². The van der Waals surface area contributed by atoms with Crippen LogP contribution in [0.25, 0.3) is 0 Å². The van der Waals surface area contributed by atoms with Gasteiger partial charge in [0.1, 0.15) is 4.99 Å². The zero-order valence-corrected chi connectivity index (χ0v) is 13.7. The molecule has 1 aromatic rings. The van der Waals surface area contributed by atoms with Gasteiger partial charge >= 0.3 is 0 Å². The lowest BCUT2D eigenvalue weighted by molar-refractivity contribution is 0.0167. The van der Waals surface area contributed by atoms with Crippen LogP contribution in [-0.2, 0) is 6.54 Å². The molecule has 0 aromatic heterocycles. The number of hydrogen-bond acceptors (Lipinski definition) is 4. The molecule has 4 nitrogen and oxygen atoms in total. The van der Waals surface area contributed by atoms with Crippen LogP contribution < -0.4 is 5.73 Å². The SMILES string of the molecule is CC(C)(O)CN1CCN(Cc2ccc(C(N)=S)cc2)CC1. The summed E-state index contributed by atoms with van der Waals surface area (Å²) in [6.45, 7) is 9.51. The molecule has 0 amide bonds. The maximum Gasteiger partial charge on any atom is 0.103 e. The van der Waals surface area contributed by atoms with Gasteiger partial charge in [-0.05, 0) is 19.4 Å². The fourth-order valence-corrected chi connectivity index (χ4v) is 2.82. The minimum absolute atomic E-state index is 0.446. The number of piperazine rings is 1. The van der Waals surface area contributed by atoms with Gasteiger partial charge in [0.25, 0.3) is 0 Å². The van der Waals surface area contributed by atoms with Gasteiger partial charge in [-0.1, -0.05) is 36.5 Å². The Morgan fingerprint density at radius 2 is 1.67 bits per heavy atom. The number of hydrogen-bond donors (Lipinski definition) is 2. The van der Waals surface area contributed by atoms with Crippen molar-refractivity contribution in [1.29, 1.82) is 0 Å². The van der Waals surface area contributed by atoms with E-state index in [1.807, 2.05) is 26.0 Å². The van der Waals surface area contributed by atoms with Crippen LogP contribution in [0.15, 0.2) is 24.3 Å². The molecule has 2 rings (SSSR count). The van der Waals surface area contributed by atoms with Crippen molar-refractivity contribution in [3.63, 3.8) is 0 Å². The fourth-order valence-electron chi connectivity index (χ4n) is 2.69. The van der Waals surface area contributed by atoms with Gasteiger partial charge < -0.3 is 10.8 Å². The summed E-state index contributed by atoms with van der Waals surface area (Å²) in [5.41, 5.74) is 7.20. The van der Waals surface area contributed by atoms with E-state index in [0.717, 1.165) is 44.8 Å². The highest BCUT2D eigenvalue weighted by molar-refractivity contribution is 7.80. The molecule has 1 saturated heterocycles. The van der Waals surface area contributed by atoms with Crippen LogP contribution in [0.1, 0.15) is 25.0 Å². The zero-order chi connectivity index (χ0) is 15.5. The molecule has 0 spiro atoms. The van der Waals surface area contributed by atoms with E-state index in [2.05, 4.69) is 21.9 Å². The monoisotopic (exact) mass is 307 g/mol. The molecule has 0 aliphatic carbocycles. The van der Waals surface area contributed by atoms with Gasteiger partial charge in [0.15, 0.2) is 0 Å². The van der Waals surface area contributed by atoms with Crippen molar-refractivity contribution in [2.75, 3.05) is 32.7 Å². The predicted octanol–water partition coefficient (Wildman–Crippen LogP) is 1.21. The summed E-state index contributed by atoms with van der Waals surface area (Å²) in [4.78, 5) is 5.21. The van der Waals surface area contributed by atoms with Gasteiger partial charge in [-0.15, -0.1) is 0 Å². The van der Waals surface area contributed by atoms with Crippen LogP contribution in [0.3, 0.4) is 0 Å². The van der Waals surface area contributed by atoms with Crippen molar-refractivity contribution in [3.8, 4) is 0 Å². The molecule has 1 fully saturated rings. The third-order valence-corrected chi connectivity index (χ3v) is 3.96. The van der Waals surface area contributed by atoms with E-state index in [1.54, 1.807) is 0 Å². The number of nitrogens with zero attached hydrogens (tertiary/aromatic N) is 2. The van der Waals surface area contributed by atoms with E-state index >= 15 is 0 Å². The average molecular weight is 307 g/mol. The van der Waals surface area contributed by atoms with Gasteiger partial charge in [0.2, 0.25) is 0 Å². The fraction of sp³-hybridized carbons (Fsp3) is 0.562. The summed E-state index contributed by atoms with van der Waals surface area (Å²) >= 11 is 4.96. The molecule has 5 heteroatoms. The highest BCUT2D eigenvalue weighted by atomic mass is 32.1. The van der Waals surface area contributed by atoms with E-state index in [1.165, 1.54) is 5.56 Å². The number of rotatable bonds is 5. The molecule has 116 valence electrons. The third-order valence-electron chi connectivity index (χ3n) is 3.72. The van der Waals surface area contributed by atoms with E-state index < -0.39 is 5.60 Å². The first-order chi connectivity index (χ1) is 9.83. The molecule has 0 atom stereocenters. The first-order valence-corrected chi connectivity index (χ1v) is 7.80. The van der Waals surface area contributed by atoms with Crippen LogP contribution in [0, 0.1) is 0 Å². The van der Waals surface area contributed by atoms with Crippen molar-refractivity contribution in [1.82, 2.24) is 9.80 Å². The molecule has 1 aromatic carbocycles. The van der Waals surface area contributed by atoms with Gasteiger partial charge in [0.05, 0.1) is 5.60 Å². The maximum atomic E-state index is 9.87. The second-order valence-corrected chi connectivity index (χ2v) is 6.87. The highest BCUT2D eigenvalue weighted by Crippen LogP contribution is 2.12. The van der Waals surface area contributed by atoms with Crippen molar-refractivity contribution in [3.05, 3.63) is 35.4 Å². The summed E-state index contributed by atoms with van der Waals surface area (Å²) in [7, 11) is 0. The first-order valence-electron chi connectivity index (χ1n) is 7.39. The molecular formula is C16H25N3OS. The summed E-state index contributed by atoms with van der Waals surface area (Å²) in [5, 5.41) is 9.87. The Balaban J connectivity index is 1.82. The van der Waals surface area contributed by atoms with Crippen molar-refractivity contribution < 1.29 is 5.11 Å². The summed E-state index contributed by atoms with van der Waals surface area (Å²) < 4.78 is 0. The quantitative estimate of drug-likeness (QED) is 0.801. The second kappa shape index (κ2) is 6.83. The standard InChI is InChI=1S/C16H25N3OS/c1-16(2,20)12-19-9-7-18(8-10-19)11-13-3-5-14(6-4-13)15(17)21/h3-6,20H,7-12H2,1-2H3,(H2,17,21). The lowest BCUT2D eigenvalue weighted by atomic mass is 10.1. The topological polar surface area (TPSA) is 52.7 Å². The van der Waals surface area contributed by atoms with E-state index in [-0.39, 0.29) is 0 Å². The lowest BCUT2D eigenvalue weighted by Crippen LogP contribution is -2.50. The van der Waals surface area contributed by atoms with E-state index in [9.17, 15) is 5.11 Å². The largest absolute Gasteiger partial charge is 0.389 e. The smallest absolute Gasteiger partial charge is 0.103 e. The molecule has 0 bridgehead atoms. The highest BCUT2D eigenvalue weighted by Gasteiger charge is 2.22. The molecular weight excluding hydrogens is 282 g/mol. The predicted molar refractivity (Wildman–Crippen MR) is 90.3 cm³/mol. The molecule has 0 unspecified atom stereocenters. The summed E-state index contributed by atoms with van der Waals surface area (Å²) in [6.07, 6.45) is 0. The van der Waals surface area contributed by atoms with E-state index in [4.69, 9.17) is 18.0 Å². The Morgan fingerprint density at radius 1 is 1.14 bits per heavy atom. The summed E-state index contributed by atoms with van der Waals surface area (Å²) in [5.74, 6) is 0. The Morgan fingerprint density at radius 3 is 2.14 bits per heavy atom. The number of thiocarbonyl (C=S) groups is 1. The van der Waals surface area contributed by atoms with E-state index in [0.29, 0.717) is 4.99 Å².